The number of allylic oxidation sites excluding steroid dienone is 3. The van der Waals surface area contributed by atoms with Gasteiger partial charge in [0.2, 0.25) is 5.91 Å². The largest absolute Gasteiger partial charge is 0.354 e. The molecule has 3 nitrogen and oxygen atoms in total. The van der Waals surface area contributed by atoms with Crippen LogP contribution in [-0.2, 0) is 4.79 Å². The van der Waals surface area contributed by atoms with E-state index >= 15 is 0 Å². The number of hydrogen-bond acceptors (Lipinski definition) is 2. The third kappa shape index (κ3) is 5.12. The lowest BCUT2D eigenvalue weighted by atomic mass is 9.75. The summed E-state index contributed by atoms with van der Waals surface area (Å²) in [5.74, 6) is 1.48. The van der Waals surface area contributed by atoms with Crippen molar-refractivity contribution in [3.8, 4) is 0 Å². The predicted octanol–water partition coefficient (Wildman–Crippen LogP) is 3.02. The van der Waals surface area contributed by atoms with Crippen molar-refractivity contribution in [2.75, 3.05) is 6.54 Å². The van der Waals surface area contributed by atoms with Crippen molar-refractivity contribution < 1.29 is 4.79 Å². The molecule has 0 aliphatic heterocycles. The number of carbonyl (C=O) groups is 1. The Kier molecular flexibility index (Phi) is 7.00. The summed E-state index contributed by atoms with van der Waals surface area (Å²) < 4.78 is 0. The Hall–Kier alpha value is -1.09. The molecule has 1 rings (SSSR count). The van der Waals surface area contributed by atoms with E-state index in [-0.39, 0.29) is 17.9 Å². The van der Waals surface area contributed by atoms with Crippen LogP contribution < -0.4 is 11.1 Å². The van der Waals surface area contributed by atoms with Crippen LogP contribution in [0.1, 0.15) is 47.0 Å². The predicted molar refractivity (Wildman–Crippen MR) is 85.2 cm³/mol. The highest BCUT2D eigenvalue weighted by Crippen LogP contribution is 2.33. The Morgan fingerprint density at radius 1 is 1.40 bits per heavy atom. The molecule has 1 saturated carbocycles. The maximum absolute atomic E-state index is 12.3. The number of rotatable bonds is 5. The van der Waals surface area contributed by atoms with Gasteiger partial charge in [-0.05, 0) is 38.5 Å². The lowest BCUT2D eigenvalue weighted by molar-refractivity contribution is -0.128. The smallest absolute Gasteiger partial charge is 0.223 e. The van der Waals surface area contributed by atoms with Crippen molar-refractivity contribution >= 4 is 5.91 Å². The van der Waals surface area contributed by atoms with E-state index in [0.717, 1.165) is 18.4 Å². The molecule has 0 aromatic heterocycles. The Morgan fingerprint density at radius 2 is 2.10 bits per heavy atom. The minimum atomic E-state index is -0.105. The highest BCUT2D eigenvalue weighted by atomic mass is 16.1. The van der Waals surface area contributed by atoms with Gasteiger partial charge in [-0.25, -0.2) is 0 Å². The summed E-state index contributed by atoms with van der Waals surface area (Å²) in [6, 6.07) is -0.105. The molecule has 0 bridgehead atoms. The second kappa shape index (κ2) is 8.25. The fourth-order valence-corrected chi connectivity index (χ4v) is 2.77. The molecular weight excluding hydrogens is 248 g/mol. The van der Waals surface area contributed by atoms with Gasteiger partial charge in [0, 0.05) is 18.5 Å². The molecule has 1 aliphatic rings. The third-order valence-electron chi connectivity index (χ3n) is 4.43. The van der Waals surface area contributed by atoms with E-state index in [1.807, 2.05) is 32.1 Å². The number of carbonyl (C=O) groups excluding carboxylic acids is 1. The SMILES string of the molecule is C/C=C\C=C(/C)C(N)CNC(=O)C1CC(C)CCC1C. The zero-order chi connectivity index (χ0) is 15.1. The van der Waals surface area contributed by atoms with Gasteiger partial charge in [0.25, 0.3) is 0 Å². The first-order chi connectivity index (χ1) is 9.45. The summed E-state index contributed by atoms with van der Waals surface area (Å²) in [6.45, 7) is 8.93. The van der Waals surface area contributed by atoms with Gasteiger partial charge in [-0.3, -0.25) is 4.79 Å². The van der Waals surface area contributed by atoms with E-state index in [1.165, 1.54) is 6.42 Å². The quantitative estimate of drug-likeness (QED) is 0.760. The van der Waals surface area contributed by atoms with Gasteiger partial charge in [0.15, 0.2) is 0 Å². The molecule has 1 fully saturated rings. The van der Waals surface area contributed by atoms with Crippen molar-refractivity contribution in [3.05, 3.63) is 23.8 Å². The minimum Gasteiger partial charge on any atom is -0.354 e. The van der Waals surface area contributed by atoms with Crippen molar-refractivity contribution in [2.24, 2.45) is 23.5 Å². The number of nitrogens with two attached hydrogens (primary N) is 1. The Labute approximate surface area is 123 Å². The third-order valence-corrected chi connectivity index (χ3v) is 4.43. The highest BCUT2D eigenvalue weighted by Gasteiger charge is 2.30. The molecular formula is C17H30N2O. The van der Waals surface area contributed by atoms with E-state index in [1.54, 1.807) is 0 Å². The second-order valence-electron chi connectivity index (χ2n) is 6.29. The van der Waals surface area contributed by atoms with Gasteiger partial charge >= 0.3 is 0 Å². The molecule has 0 aromatic carbocycles. The molecule has 0 radical (unpaired) electrons. The summed E-state index contributed by atoms with van der Waals surface area (Å²) in [5, 5.41) is 3.03. The summed E-state index contributed by atoms with van der Waals surface area (Å²) in [4.78, 5) is 12.3. The average molecular weight is 278 g/mol. The summed E-state index contributed by atoms with van der Waals surface area (Å²) in [6.07, 6.45) is 9.36. The monoisotopic (exact) mass is 278 g/mol. The van der Waals surface area contributed by atoms with Crippen LogP contribution in [0, 0.1) is 17.8 Å². The standard InChI is InChI=1S/C17H30N2O/c1-5-6-7-14(4)16(18)11-19-17(20)15-10-12(2)8-9-13(15)3/h5-7,12-13,15-16H,8-11,18H2,1-4H3,(H,19,20)/b6-5-,14-7+. The summed E-state index contributed by atoms with van der Waals surface area (Å²) >= 11 is 0. The molecule has 0 saturated heterocycles. The van der Waals surface area contributed by atoms with Crippen molar-refractivity contribution in [2.45, 2.75) is 53.0 Å². The molecule has 20 heavy (non-hydrogen) atoms. The Morgan fingerprint density at radius 3 is 2.75 bits per heavy atom. The summed E-state index contributed by atoms with van der Waals surface area (Å²) in [7, 11) is 0. The van der Waals surface area contributed by atoms with Gasteiger partial charge < -0.3 is 11.1 Å². The molecule has 3 N–H and O–H groups in total. The van der Waals surface area contributed by atoms with Gasteiger partial charge in [-0.1, -0.05) is 44.1 Å². The van der Waals surface area contributed by atoms with Crippen molar-refractivity contribution in [1.29, 1.82) is 0 Å². The normalized spacial score (nSPS) is 29.4. The molecule has 4 atom stereocenters. The van der Waals surface area contributed by atoms with Crippen LogP contribution in [0.5, 0.6) is 0 Å². The van der Waals surface area contributed by atoms with Gasteiger partial charge in [-0.15, -0.1) is 0 Å². The van der Waals surface area contributed by atoms with Gasteiger partial charge in [0.1, 0.15) is 0 Å². The molecule has 0 aromatic rings. The topological polar surface area (TPSA) is 55.1 Å². The Bertz CT molecular complexity index is 373. The van der Waals surface area contributed by atoms with Crippen LogP contribution in [-0.4, -0.2) is 18.5 Å². The summed E-state index contributed by atoms with van der Waals surface area (Å²) in [5.41, 5.74) is 7.17. The van der Waals surface area contributed by atoms with E-state index in [9.17, 15) is 4.79 Å². The van der Waals surface area contributed by atoms with Crippen LogP contribution in [0.4, 0.5) is 0 Å². The number of amides is 1. The van der Waals surface area contributed by atoms with Crippen LogP contribution in [0.15, 0.2) is 23.8 Å². The van der Waals surface area contributed by atoms with E-state index in [2.05, 4.69) is 19.2 Å². The molecule has 3 heteroatoms. The molecule has 0 spiro atoms. The second-order valence-corrected chi connectivity index (χ2v) is 6.29. The van der Waals surface area contributed by atoms with Crippen LogP contribution in [0.2, 0.25) is 0 Å². The fraction of sp³-hybridized carbons (Fsp3) is 0.706. The maximum atomic E-state index is 12.3. The molecule has 1 amide bonds. The molecule has 4 unspecified atom stereocenters. The highest BCUT2D eigenvalue weighted by molar-refractivity contribution is 5.79. The first kappa shape index (κ1) is 17.0. The lowest BCUT2D eigenvalue weighted by Crippen LogP contribution is -2.43. The van der Waals surface area contributed by atoms with E-state index in [0.29, 0.717) is 18.4 Å². The van der Waals surface area contributed by atoms with Crippen LogP contribution >= 0.6 is 0 Å². The van der Waals surface area contributed by atoms with E-state index in [4.69, 9.17) is 5.73 Å². The van der Waals surface area contributed by atoms with Crippen molar-refractivity contribution in [1.82, 2.24) is 5.32 Å². The van der Waals surface area contributed by atoms with Crippen LogP contribution in [0.3, 0.4) is 0 Å². The van der Waals surface area contributed by atoms with Gasteiger partial charge in [0.05, 0.1) is 0 Å². The van der Waals surface area contributed by atoms with Crippen LogP contribution in [0.25, 0.3) is 0 Å². The number of nitrogens with one attached hydrogen (secondary N) is 1. The lowest BCUT2D eigenvalue weighted by Gasteiger charge is -2.32. The first-order valence-electron chi connectivity index (χ1n) is 7.78. The fourth-order valence-electron chi connectivity index (χ4n) is 2.77. The zero-order valence-electron chi connectivity index (χ0n) is 13.4. The maximum Gasteiger partial charge on any atom is 0.223 e. The minimum absolute atomic E-state index is 0.105. The average Bonchev–Trinajstić information content (AvgIpc) is 2.44. The molecule has 1 aliphatic carbocycles. The number of hydrogen-bond donors (Lipinski definition) is 2. The molecule has 114 valence electrons. The first-order valence-corrected chi connectivity index (χ1v) is 7.78. The van der Waals surface area contributed by atoms with Crippen molar-refractivity contribution in [3.63, 3.8) is 0 Å². The Balaban J connectivity index is 2.46. The van der Waals surface area contributed by atoms with E-state index < -0.39 is 0 Å². The van der Waals surface area contributed by atoms with Gasteiger partial charge in [-0.2, -0.15) is 0 Å². The zero-order valence-corrected chi connectivity index (χ0v) is 13.4. The molecule has 0 heterocycles.